The second-order valence-electron chi connectivity index (χ2n) is 6.02. The summed E-state index contributed by atoms with van der Waals surface area (Å²) in [5.41, 5.74) is 0.324. The summed E-state index contributed by atoms with van der Waals surface area (Å²) in [6, 6.07) is 6.80. The highest BCUT2D eigenvalue weighted by Gasteiger charge is 2.36. The molecule has 1 saturated heterocycles. The number of hydrogen-bond donors (Lipinski definition) is 3. The normalized spacial score (nSPS) is 20.1. The number of hydrogen-bond acceptors (Lipinski definition) is 4. The molecule has 0 spiro atoms. The number of nitrogens with one attached hydrogen (secondary N) is 2. The summed E-state index contributed by atoms with van der Waals surface area (Å²) >= 11 is 0. The fraction of sp³-hybridized carbons (Fsp3) is 0.500. The fourth-order valence-corrected chi connectivity index (χ4v) is 2.47. The van der Waals surface area contributed by atoms with Crippen molar-refractivity contribution in [1.29, 1.82) is 0 Å². The number of carbonyl (C=O) groups is 2. The first-order chi connectivity index (χ1) is 10.4. The van der Waals surface area contributed by atoms with E-state index >= 15 is 0 Å². The van der Waals surface area contributed by atoms with E-state index in [1.807, 2.05) is 13.8 Å². The molecule has 1 aliphatic rings. The maximum absolute atomic E-state index is 12.0. The third-order valence-electron chi connectivity index (χ3n) is 3.80. The van der Waals surface area contributed by atoms with Gasteiger partial charge in [-0.2, -0.15) is 0 Å². The van der Waals surface area contributed by atoms with E-state index in [4.69, 9.17) is 9.84 Å². The van der Waals surface area contributed by atoms with Gasteiger partial charge in [-0.15, -0.1) is 0 Å². The molecule has 1 aromatic carbocycles. The molecule has 2 rings (SSSR count). The molecule has 0 saturated carbocycles. The smallest absolute Gasteiger partial charge is 0.258 e. The Labute approximate surface area is 129 Å². The van der Waals surface area contributed by atoms with Crippen LogP contribution in [0.15, 0.2) is 24.3 Å². The Morgan fingerprint density at radius 2 is 2.09 bits per heavy atom. The number of ether oxygens (including phenoxy) is 1. The van der Waals surface area contributed by atoms with Gasteiger partial charge >= 0.3 is 0 Å². The van der Waals surface area contributed by atoms with Gasteiger partial charge in [0.1, 0.15) is 5.75 Å². The minimum Gasteiger partial charge on any atom is -0.484 e. The van der Waals surface area contributed by atoms with Crippen molar-refractivity contribution in [3.8, 4) is 5.75 Å². The maximum atomic E-state index is 12.0. The van der Waals surface area contributed by atoms with Crippen LogP contribution in [0, 0.1) is 0 Å². The molecule has 22 heavy (non-hydrogen) atoms. The van der Waals surface area contributed by atoms with Crippen LogP contribution >= 0.6 is 0 Å². The van der Waals surface area contributed by atoms with Crippen LogP contribution < -0.4 is 15.4 Å². The zero-order valence-corrected chi connectivity index (χ0v) is 12.9. The summed E-state index contributed by atoms with van der Waals surface area (Å²) in [5.74, 6) is 0.361. The van der Waals surface area contributed by atoms with Crippen molar-refractivity contribution in [1.82, 2.24) is 10.6 Å². The summed E-state index contributed by atoms with van der Waals surface area (Å²) < 4.78 is 5.42. The number of carbonyl (C=O) groups excluding carboxylic acids is 2. The highest BCUT2D eigenvalue weighted by Crippen LogP contribution is 2.19. The molecule has 120 valence electrons. The Morgan fingerprint density at radius 1 is 1.41 bits per heavy atom. The Balaban J connectivity index is 1.83. The van der Waals surface area contributed by atoms with Gasteiger partial charge in [-0.05, 0) is 38.0 Å². The molecule has 3 N–H and O–H groups in total. The van der Waals surface area contributed by atoms with Gasteiger partial charge in [-0.1, -0.05) is 12.1 Å². The van der Waals surface area contributed by atoms with E-state index in [1.54, 1.807) is 24.3 Å². The molecule has 1 atom stereocenters. The second kappa shape index (κ2) is 6.79. The second-order valence-corrected chi connectivity index (χ2v) is 6.02. The largest absolute Gasteiger partial charge is 0.484 e. The van der Waals surface area contributed by atoms with E-state index in [-0.39, 0.29) is 31.1 Å². The molecular weight excluding hydrogens is 284 g/mol. The first-order valence-corrected chi connectivity index (χ1v) is 7.33. The van der Waals surface area contributed by atoms with E-state index in [2.05, 4.69) is 10.6 Å². The number of aliphatic hydroxyl groups excluding tert-OH is 1. The van der Waals surface area contributed by atoms with Crippen molar-refractivity contribution in [2.75, 3.05) is 6.61 Å². The van der Waals surface area contributed by atoms with Crippen molar-refractivity contribution in [2.24, 2.45) is 0 Å². The Hall–Kier alpha value is -2.08. The lowest BCUT2D eigenvalue weighted by molar-refractivity contribution is -0.129. The van der Waals surface area contributed by atoms with Crippen LogP contribution in [0.4, 0.5) is 0 Å². The quantitative estimate of drug-likeness (QED) is 0.748. The molecule has 1 aliphatic heterocycles. The first-order valence-electron chi connectivity index (χ1n) is 7.33. The Morgan fingerprint density at radius 3 is 2.68 bits per heavy atom. The SMILES string of the molecule is CC1(C)NC(=O)CCC1NC(=O)COc1ccc(CO)cc1. The average Bonchev–Trinajstić information content (AvgIpc) is 2.48. The molecule has 0 aliphatic carbocycles. The highest BCUT2D eigenvalue weighted by molar-refractivity contribution is 5.80. The molecule has 1 aromatic rings. The lowest BCUT2D eigenvalue weighted by Gasteiger charge is -2.39. The minimum absolute atomic E-state index is 0.00993. The average molecular weight is 306 g/mol. The van der Waals surface area contributed by atoms with Crippen LogP contribution in [0.25, 0.3) is 0 Å². The van der Waals surface area contributed by atoms with Crippen molar-refractivity contribution < 1.29 is 19.4 Å². The molecule has 6 heteroatoms. The van der Waals surface area contributed by atoms with Crippen LogP contribution in [0.5, 0.6) is 5.75 Å². The third-order valence-corrected chi connectivity index (χ3v) is 3.80. The predicted octanol–water partition coefficient (Wildman–Crippen LogP) is 0.731. The van der Waals surface area contributed by atoms with Crippen LogP contribution in [0.3, 0.4) is 0 Å². The van der Waals surface area contributed by atoms with Crippen LogP contribution in [-0.4, -0.2) is 35.1 Å². The standard InChI is InChI=1S/C16H22N2O4/c1-16(2)13(7-8-14(20)18-16)17-15(21)10-22-12-5-3-11(9-19)4-6-12/h3-6,13,19H,7-10H2,1-2H3,(H,17,21)(H,18,20). The third kappa shape index (κ3) is 4.21. The highest BCUT2D eigenvalue weighted by atomic mass is 16.5. The topological polar surface area (TPSA) is 87.7 Å². The molecule has 6 nitrogen and oxygen atoms in total. The molecule has 2 amide bonds. The van der Waals surface area contributed by atoms with Gasteiger partial charge in [0.25, 0.3) is 5.91 Å². The van der Waals surface area contributed by atoms with Gasteiger partial charge in [0, 0.05) is 6.42 Å². The van der Waals surface area contributed by atoms with Gasteiger partial charge in [0.15, 0.2) is 6.61 Å². The van der Waals surface area contributed by atoms with Crippen LogP contribution in [0.1, 0.15) is 32.3 Å². The van der Waals surface area contributed by atoms with Gasteiger partial charge in [-0.3, -0.25) is 9.59 Å². The zero-order chi connectivity index (χ0) is 16.2. The van der Waals surface area contributed by atoms with Crippen molar-refractivity contribution >= 4 is 11.8 Å². The number of amides is 2. The lowest BCUT2D eigenvalue weighted by atomic mass is 9.87. The van der Waals surface area contributed by atoms with E-state index in [9.17, 15) is 9.59 Å². The number of piperidine rings is 1. The van der Waals surface area contributed by atoms with Gasteiger partial charge < -0.3 is 20.5 Å². The van der Waals surface area contributed by atoms with Crippen LogP contribution in [-0.2, 0) is 16.2 Å². The van der Waals surface area contributed by atoms with Gasteiger partial charge in [-0.25, -0.2) is 0 Å². The molecule has 1 heterocycles. The lowest BCUT2D eigenvalue weighted by Crippen LogP contribution is -2.62. The predicted molar refractivity (Wildman–Crippen MR) is 81.2 cm³/mol. The fourth-order valence-electron chi connectivity index (χ4n) is 2.47. The number of aliphatic hydroxyl groups is 1. The molecule has 1 unspecified atom stereocenters. The number of benzene rings is 1. The van der Waals surface area contributed by atoms with E-state index in [0.717, 1.165) is 5.56 Å². The van der Waals surface area contributed by atoms with Gasteiger partial charge in [0.05, 0.1) is 18.2 Å². The van der Waals surface area contributed by atoms with E-state index in [1.165, 1.54) is 0 Å². The summed E-state index contributed by atoms with van der Waals surface area (Å²) in [4.78, 5) is 23.4. The van der Waals surface area contributed by atoms with Gasteiger partial charge in [0.2, 0.25) is 5.91 Å². The van der Waals surface area contributed by atoms with Crippen LogP contribution in [0.2, 0.25) is 0 Å². The summed E-state index contributed by atoms with van der Waals surface area (Å²) in [7, 11) is 0. The molecule has 1 fully saturated rings. The zero-order valence-electron chi connectivity index (χ0n) is 12.9. The maximum Gasteiger partial charge on any atom is 0.258 e. The molecule has 0 aromatic heterocycles. The Kier molecular flexibility index (Phi) is 5.03. The molecule has 0 bridgehead atoms. The minimum atomic E-state index is -0.465. The van der Waals surface area contributed by atoms with Crippen molar-refractivity contribution in [3.63, 3.8) is 0 Å². The monoisotopic (exact) mass is 306 g/mol. The molecule has 0 radical (unpaired) electrons. The van der Waals surface area contributed by atoms with Crippen molar-refractivity contribution in [3.05, 3.63) is 29.8 Å². The summed E-state index contributed by atoms with van der Waals surface area (Å²) in [6.45, 7) is 3.68. The van der Waals surface area contributed by atoms with Crippen molar-refractivity contribution in [2.45, 2.75) is 44.9 Å². The summed E-state index contributed by atoms with van der Waals surface area (Å²) in [5, 5.41) is 14.7. The first kappa shape index (κ1) is 16.3. The molecular formula is C16H22N2O4. The summed E-state index contributed by atoms with van der Waals surface area (Å²) in [6.07, 6.45) is 1.04. The number of rotatable bonds is 5. The Bertz CT molecular complexity index is 540. The van der Waals surface area contributed by atoms with E-state index in [0.29, 0.717) is 18.6 Å². The van der Waals surface area contributed by atoms with E-state index < -0.39 is 5.54 Å².